The van der Waals surface area contributed by atoms with Crippen molar-refractivity contribution in [1.82, 2.24) is 9.97 Å². The third-order valence-corrected chi connectivity index (χ3v) is 3.22. The van der Waals surface area contributed by atoms with Gasteiger partial charge < -0.3 is 5.32 Å². The number of aromatic nitrogens is 2. The third kappa shape index (κ3) is 3.64. The molecule has 0 aliphatic rings. The van der Waals surface area contributed by atoms with Crippen LogP contribution < -0.4 is 5.32 Å². The minimum Gasteiger partial charge on any atom is -0.340 e. The summed E-state index contributed by atoms with van der Waals surface area (Å²) in [6.07, 6.45) is 0. The lowest BCUT2D eigenvalue weighted by Gasteiger charge is -2.10. The van der Waals surface area contributed by atoms with Gasteiger partial charge in [0.25, 0.3) is 0 Å². The van der Waals surface area contributed by atoms with Crippen LogP contribution in [-0.4, -0.2) is 9.97 Å². The minimum absolute atomic E-state index is 0.180. The van der Waals surface area contributed by atoms with Crippen LogP contribution >= 0.6 is 27.5 Å². The second-order valence-electron chi connectivity index (χ2n) is 4.34. The highest BCUT2D eigenvalue weighted by Crippen LogP contribution is 2.24. The zero-order chi connectivity index (χ0) is 14.0. The van der Waals surface area contributed by atoms with E-state index in [9.17, 15) is 4.39 Å². The van der Waals surface area contributed by atoms with Gasteiger partial charge in [-0.05, 0) is 34.1 Å². The molecule has 0 saturated heterocycles. The number of hydrogen-bond acceptors (Lipinski definition) is 3. The zero-order valence-corrected chi connectivity index (χ0v) is 12.8. The van der Waals surface area contributed by atoms with E-state index < -0.39 is 0 Å². The lowest BCUT2D eigenvalue weighted by Crippen LogP contribution is -2.02. The molecule has 0 atom stereocenters. The van der Waals surface area contributed by atoms with Crippen LogP contribution in [0.5, 0.6) is 0 Å². The van der Waals surface area contributed by atoms with Crippen LogP contribution in [0.3, 0.4) is 0 Å². The fraction of sp³-hybridized carbons (Fsp3) is 0.231. The number of benzene rings is 1. The Morgan fingerprint density at radius 3 is 2.63 bits per heavy atom. The van der Waals surface area contributed by atoms with Gasteiger partial charge in [0.15, 0.2) is 0 Å². The van der Waals surface area contributed by atoms with Gasteiger partial charge in [-0.3, -0.25) is 0 Å². The summed E-state index contributed by atoms with van der Waals surface area (Å²) >= 11 is 9.09. The molecule has 0 fully saturated rings. The molecular formula is C13H12BrClFN3. The monoisotopic (exact) mass is 343 g/mol. The fourth-order valence-corrected chi connectivity index (χ4v) is 2.05. The summed E-state index contributed by atoms with van der Waals surface area (Å²) in [7, 11) is 0. The van der Waals surface area contributed by atoms with Crippen molar-refractivity contribution in [3.05, 3.63) is 45.5 Å². The van der Waals surface area contributed by atoms with E-state index in [0.29, 0.717) is 21.3 Å². The number of hydrogen-bond donors (Lipinski definition) is 1. The van der Waals surface area contributed by atoms with Gasteiger partial charge >= 0.3 is 0 Å². The molecule has 0 bridgehead atoms. The molecule has 0 radical (unpaired) electrons. The normalized spacial score (nSPS) is 10.8. The van der Waals surface area contributed by atoms with E-state index in [4.69, 9.17) is 11.6 Å². The Balaban J connectivity index is 2.29. The molecule has 19 heavy (non-hydrogen) atoms. The van der Waals surface area contributed by atoms with Crippen LogP contribution in [0.25, 0.3) is 0 Å². The smallest absolute Gasteiger partial charge is 0.137 e. The first-order valence-corrected chi connectivity index (χ1v) is 6.89. The predicted octanol–water partition coefficient (Wildman–Crippen LogP) is 4.90. The van der Waals surface area contributed by atoms with Gasteiger partial charge in [0.2, 0.25) is 0 Å². The van der Waals surface area contributed by atoms with Gasteiger partial charge in [-0.2, -0.15) is 0 Å². The van der Waals surface area contributed by atoms with E-state index in [0.717, 1.165) is 5.69 Å². The highest BCUT2D eigenvalue weighted by Gasteiger charge is 2.08. The molecule has 2 aromatic rings. The predicted molar refractivity (Wildman–Crippen MR) is 78.5 cm³/mol. The van der Waals surface area contributed by atoms with Gasteiger partial charge in [-0.25, -0.2) is 14.4 Å². The summed E-state index contributed by atoms with van der Waals surface area (Å²) in [5.74, 6) is 1.12. The zero-order valence-electron chi connectivity index (χ0n) is 10.4. The van der Waals surface area contributed by atoms with Crippen molar-refractivity contribution >= 4 is 39.0 Å². The van der Waals surface area contributed by atoms with E-state index in [-0.39, 0.29) is 11.7 Å². The summed E-state index contributed by atoms with van der Waals surface area (Å²) in [5, 5.41) is 3.45. The first-order valence-electron chi connectivity index (χ1n) is 5.72. The number of rotatable bonds is 3. The maximum Gasteiger partial charge on any atom is 0.137 e. The number of nitrogens with one attached hydrogen (secondary N) is 1. The molecule has 6 heteroatoms. The average Bonchev–Trinajstić information content (AvgIpc) is 2.33. The van der Waals surface area contributed by atoms with E-state index in [2.05, 4.69) is 31.2 Å². The molecule has 0 aliphatic heterocycles. The Hall–Kier alpha value is -1.20. The van der Waals surface area contributed by atoms with Crippen LogP contribution in [0.2, 0.25) is 5.15 Å². The van der Waals surface area contributed by atoms with Gasteiger partial charge in [0.1, 0.15) is 22.6 Å². The molecule has 0 aliphatic carbocycles. The van der Waals surface area contributed by atoms with Crippen molar-refractivity contribution in [1.29, 1.82) is 0 Å². The van der Waals surface area contributed by atoms with E-state index >= 15 is 0 Å². The summed E-state index contributed by atoms with van der Waals surface area (Å²) in [5.41, 5.74) is 0.720. The Morgan fingerprint density at radius 1 is 1.26 bits per heavy atom. The largest absolute Gasteiger partial charge is 0.340 e. The van der Waals surface area contributed by atoms with Gasteiger partial charge in [-0.1, -0.05) is 25.4 Å². The van der Waals surface area contributed by atoms with Gasteiger partial charge in [-0.15, -0.1) is 0 Å². The van der Waals surface area contributed by atoms with Crippen molar-refractivity contribution in [3.8, 4) is 0 Å². The quantitative estimate of drug-likeness (QED) is 0.805. The summed E-state index contributed by atoms with van der Waals surface area (Å²) < 4.78 is 13.5. The number of nitrogens with zero attached hydrogens (tertiary/aromatic N) is 2. The van der Waals surface area contributed by atoms with Crippen molar-refractivity contribution in [2.45, 2.75) is 19.8 Å². The number of halogens is 3. The van der Waals surface area contributed by atoms with Crippen molar-refractivity contribution in [3.63, 3.8) is 0 Å². The van der Waals surface area contributed by atoms with Crippen LogP contribution in [0, 0.1) is 5.82 Å². The second kappa shape index (κ2) is 5.84. The maximum atomic E-state index is 13.2. The maximum absolute atomic E-state index is 13.2. The van der Waals surface area contributed by atoms with E-state index in [1.54, 1.807) is 18.2 Å². The molecule has 3 nitrogen and oxygen atoms in total. The lowest BCUT2D eigenvalue weighted by atomic mass is 10.2. The van der Waals surface area contributed by atoms with Crippen LogP contribution in [0.15, 0.2) is 28.7 Å². The van der Waals surface area contributed by atoms with Crippen LogP contribution in [0.4, 0.5) is 15.9 Å². The Morgan fingerprint density at radius 2 is 2.00 bits per heavy atom. The van der Waals surface area contributed by atoms with Crippen molar-refractivity contribution in [2.24, 2.45) is 0 Å². The molecule has 1 heterocycles. The summed E-state index contributed by atoms with van der Waals surface area (Å²) in [6.45, 7) is 3.98. The molecule has 0 spiro atoms. The standard InChI is InChI=1S/C13H12BrClFN3/c1-7(2)13-18-11(15)6-12(19-13)17-8-3-4-10(16)9(14)5-8/h3-7H,1-2H3,(H,17,18,19). The first kappa shape index (κ1) is 14.2. The topological polar surface area (TPSA) is 37.8 Å². The minimum atomic E-state index is -0.311. The Bertz CT molecular complexity index is 604. The second-order valence-corrected chi connectivity index (χ2v) is 5.58. The van der Waals surface area contributed by atoms with Crippen LogP contribution in [-0.2, 0) is 0 Å². The highest BCUT2D eigenvalue weighted by atomic mass is 79.9. The molecule has 1 aromatic carbocycles. The molecule has 0 amide bonds. The highest BCUT2D eigenvalue weighted by molar-refractivity contribution is 9.10. The molecule has 1 aromatic heterocycles. The molecule has 2 rings (SSSR count). The lowest BCUT2D eigenvalue weighted by molar-refractivity contribution is 0.621. The SMILES string of the molecule is CC(C)c1nc(Cl)cc(Nc2ccc(F)c(Br)c2)n1. The molecule has 0 saturated carbocycles. The van der Waals surface area contributed by atoms with E-state index in [1.807, 2.05) is 13.8 Å². The average molecular weight is 345 g/mol. The van der Waals surface area contributed by atoms with E-state index in [1.165, 1.54) is 6.07 Å². The number of anilines is 2. The summed E-state index contributed by atoms with van der Waals surface area (Å²) in [4.78, 5) is 8.52. The van der Waals surface area contributed by atoms with Gasteiger partial charge in [0.05, 0.1) is 4.47 Å². The van der Waals surface area contributed by atoms with Crippen molar-refractivity contribution in [2.75, 3.05) is 5.32 Å². The molecule has 0 unspecified atom stereocenters. The van der Waals surface area contributed by atoms with Crippen LogP contribution in [0.1, 0.15) is 25.6 Å². The third-order valence-electron chi connectivity index (χ3n) is 2.42. The van der Waals surface area contributed by atoms with Gasteiger partial charge in [0, 0.05) is 17.7 Å². The molecule has 100 valence electrons. The molecule has 1 N–H and O–H groups in total. The Labute approximate surface area is 124 Å². The van der Waals surface area contributed by atoms with Crippen molar-refractivity contribution < 1.29 is 4.39 Å². The first-order chi connectivity index (χ1) is 8.95. The Kier molecular flexibility index (Phi) is 4.37. The molecular weight excluding hydrogens is 333 g/mol. The summed E-state index contributed by atoms with van der Waals surface area (Å²) in [6, 6.07) is 6.27. The fourth-order valence-electron chi connectivity index (χ4n) is 1.48.